The Hall–Kier alpha value is -0.850. The van der Waals surface area contributed by atoms with Crippen molar-refractivity contribution in [2.24, 2.45) is 23.2 Å². The maximum Gasteiger partial charge on any atom is 0.175 e. The van der Waals surface area contributed by atoms with Crippen molar-refractivity contribution in [1.29, 1.82) is 0 Å². The molecule has 1 aromatic rings. The Balaban J connectivity index is 1.22. The first-order valence-electron chi connectivity index (χ1n) is 12.0. The van der Waals surface area contributed by atoms with E-state index in [4.69, 9.17) is 16.3 Å². The molecule has 30 heavy (non-hydrogen) atoms. The second-order valence-corrected chi connectivity index (χ2v) is 11.2. The number of hydrogen-bond donors (Lipinski definition) is 2. The number of halogens is 1. The topological polar surface area (TPSA) is 42.4 Å². The third kappa shape index (κ3) is 3.57. The maximum absolute atomic E-state index is 6.29. The van der Waals surface area contributed by atoms with Crippen molar-refractivity contribution < 1.29 is 4.74 Å². The van der Waals surface area contributed by atoms with Gasteiger partial charge in [0.05, 0.1) is 25.4 Å². The monoisotopic (exact) mass is 430 g/mol. The van der Waals surface area contributed by atoms with Crippen molar-refractivity contribution in [3.63, 3.8) is 0 Å². The molecule has 2 heterocycles. The third-order valence-electron chi connectivity index (χ3n) is 8.67. The van der Waals surface area contributed by atoms with Crippen molar-refractivity contribution in [3.05, 3.63) is 29.3 Å². The van der Waals surface area contributed by atoms with Gasteiger partial charge in [-0.1, -0.05) is 22.7 Å². The van der Waals surface area contributed by atoms with Crippen LogP contribution < -0.4 is 15.9 Å². The summed E-state index contributed by atoms with van der Waals surface area (Å²) in [5, 5.41) is 9.37. The van der Waals surface area contributed by atoms with Gasteiger partial charge in [-0.3, -0.25) is 5.32 Å². The van der Waals surface area contributed by atoms with Gasteiger partial charge in [-0.2, -0.15) is 5.43 Å². The van der Waals surface area contributed by atoms with Crippen molar-refractivity contribution in [2.75, 3.05) is 38.3 Å². The molecule has 4 aliphatic carbocycles. The van der Waals surface area contributed by atoms with E-state index in [0.717, 1.165) is 67.7 Å². The van der Waals surface area contributed by atoms with Crippen LogP contribution in [0.15, 0.2) is 24.3 Å². The molecule has 4 bridgehead atoms. The van der Waals surface area contributed by atoms with Gasteiger partial charge >= 0.3 is 0 Å². The fraction of sp³-hybridized carbons (Fsp3) is 0.750. The minimum Gasteiger partial charge on any atom is -0.376 e. The number of nitrogens with one attached hydrogen (secondary N) is 2. The lowest BCUT2D eigenvalue weighted by Crippen LogP contribution is -2.78. The molecular weight excluding hydrogens is 396 g/mol. The molecule has 1 aromatic carbocycles. The Labute approximate surface area is 185 Å². The van der Waals surface area contributed by atoms with Crippen LogP contribution in [0.25, 0.3) is 0 Å². The third-order valence-corrected chi connectivity index (χ3v) is 8.90. The van der Waals surface area contributed by atoms with Gasteiger partial charge in [-0.15, -0.1) is 0 Å². The molecule has 6 heteroatoms. The summed E-state index contributed by atoms with van der Waals surface area (Å²) >= 11 is 6.29. The van der Waals surface area contributed by atoms with E-state index in [1.165, 1.54) is 44.9 Å². The molecule has 6 fully saturated rings. The zero-order valence-corrected chi connectivity index (χ0v) is 18.7. The van der Waals surface area contributed by atoms with E-state index < -0.39 is 0 Å². The molecule has 2 saturated heterocycles. The van der Waals surface area contributed by atoms with Crippen LogP contribution in [0.1, 0.15) is 51.4 Å². The molecule has 1 radical (unpaired) electrons. The molecule has 2 aliphatic heterocycles. The molecule has 1 spiro atoms. The molecule has 4 saturated carbocycles. The highest BCUT2D eigenvalue weighted by Gasteiger charge is 2.55. The van der Waals surface area contributed by atoms with Crippen molar-refractivity contribution in [2.45, 2.75) is 57.0 Å². The van der Waals surface area contributed by atoms with E-state index in [1.54, 1.807) is 0 Å². The van der Waals surface area contributed by atoms with Gasteiger partial charge < -0.3 is 4.74 Å². The quantitative estimate of drug-likeness (QED) is 0.520. The van der Waals surface area contributed by atoms with Gasteiger partial charge in [0, 0.05) is 23.1 Å². The number of ether oxygens (including phenoxy) is 1. The zero-order valence-electron chi connectivity index (χ0n) is 17.9. The second kappa shape index (κ2) is 7.63. The Morgan fingerprint density at radius 3 is 2.53 bits per heavy atom. The lowest BCUT2D eigenvalue weighted by atomic mass is 9.49. The lowest BCUT2D eigenvalue weighted by molar-refractivity contribution is -0.174. The summed E-state index contributed by atoms with van der Waals surface area (Å²) in [6.07, 6.45) is 11.4. The fourth-order valence-corrected chi connectivity index (χ4v) is 7.86. The minimum atomic E-state index is -0.0503. The first kappa shape index (κ1) is 19.8. The van der Waals surface area contributed by atoms with Crippen LogP contribution >= 0.6 is 11.6 Å². The molecule has 163 valence electrons. The predicted molar refractivity (Wildman–Crippen MR) is 120 cm³/mol. The summed E-state index contributed by atoms with van der Waals surface area (Å²) in [4.78, 5) is 0. The number of rotatable bonds is 6. The average Bonchev–Trinajstić information content (AvgIpc) is 2.69. The zero-order chi connectivity index (χ0) is 20.2. The van der Waals surface area contributed by atoms with Crippen LogP contribution in [0.2, 0.25) is 5.02 Å². The molecule has 2 N–H and O–H groups in total. The normalized spacial score (nSPS) is 40.1. The van der Waals surface area contributed by atoms with Gasteiger partial charge in [0.1, 0.15) is 0 Å². The van der Waals surface area contributed by atoms with Crippen LogP contribution in [-0.2, 0) is 4.74 Å². The SMILES string of the molecule is Clc1cccc(N[N+](CCC23CC4CC(CC(C4)C2)C3)N2CCOCC23CCN3)c1. The van der Waals surface area contributed by atoms with E-state index in [9.17, 15) is 0 Å². The highest BCUT2D eigenvalue weighted by molar-refractivity contribution is 6.30. The lowest BCUT2D eigenvalue weighted by Gasteiger charge is -2.57. The Bertz CT molecular complexity index is 747. The first-order chi connectivity index (χ1) is 14.6. The largest absolute Gasteiger partial charge is 0.376 e. The van der Waals surface area contributed by atoms with Crippen LogP contribution in [0.4, 0.5) is 5.69 Å². The van der Waals surface area contributed by atoms with Crippen molar-refractivity contribution in [3.8, 4) is 0 Å². The molecule has 1 unspecified atom stereocenters. The first-order valence-corrected chi connectivity index (χ1v) is 12.4. The second-order valence-electron chi connectivity index (χ2n) is 10.8. The van der Waals surface area contributed by atoms with Crippen molar-refractivity contribution >= 4 is 17.3 Å². The van der Waals surface area contributed by atoms with E-state index in [0.29, 0.717) is 5.41 Å². The van der Waals surface area contributed by atoms with Gasteiger partial charge in [0.2, 0.25) is 0 Å². The van der Waals surface area contributed by atoms with Crippen LogP contribution in [-0.4, -0.2) is 43.5 Å². The molecule has 7 rings (SSSR count). The summed E-state index contributed by atoms with van der Waals surface area (Å²) in [6, 6.07) is 8.11. The number of anilines is 1. The van der Waals surface area contributed by atoms with Gasteiger partial charge in [-0.25, -0.2) is 0 Å². The van der Waals surface area contributed by atoms with Crippen LogP contribution in [0, 0.1) is 23.2 Å². The van der Waals surface area contributed by atoms with Crippen molar-refractivity contribution in [1.82, 2.24) is 15.4 Å². The number of benzene rings is 1. The van der Waals surface area contributed by atoms with Gasteiger partial charge in [0.25, 0.3) is 0 Å². The number of nitrogens with zero attached hydrogens (tertiary/aromatic N) is 2. The smallest absolute Gasteiger partial charge is 0.175 e. The highest BCUT2D eigenvalue weighted by atomic mass is 35.5. The summed E-state index contributed by atoms with van der Waals surface area (Å²) in [5.74, 6) is 3.02. The van der Waals surface area contributed by atoms with Crippen LogP contribution in [0.5, 0.6) is 0 Å². The van der Waals surface area contributed by atoms with E-state index in [2.05, 4.69) is 26.9 Å². The summed E-state index contributed by atoms with van der Waals surface area (Å²) < 4.78 is 5.88. The molecule has 0 aromatic heterocycles. The fourth-order valence-electron chi connectivity index (χ4n) is 7.67. The summed E-state index contributed by atoms with van der Waals surface area (Å²) in [5.41, 5.74) is 5.32. The highest BCUT2D eigenvalue weighted by Crippen LogP contribution is 2.61. The Morgan fingerprint density at radius 2 is 1.90 bits per heavy atom. The van der Waals surface area contributed by atoms with Crippen LogP contribution in [0.3, 0.4) is 0 Å². The standard InChI is InChI=1S/C24H35ClN4O/c25-21-2-1-3-22(13-21)27-29(28-8-9-30-17-24(28)4-6-26-24)7-5-23-14-18-10-19(15-23)12-20(11-18)16-23/h1-3,13,18-20,26-27H,4-12,14-17H2/q+1. The number of morpholine rings is 1. The van der Waals surface area contributed by atoms with E-state index in [-0.39, 0.29) is 5.66 Å². The summed E-state index contributed by atoms with van der Waals surface area (Å²) in [7, 11) is 0. The Morgan fingerprint density at radius 1 is 1.17 bits per heavy atom. The molecule has 1 atom stereocenters. The average molecular weight is 431 g/mol. The van der Waals surface area contributed by atoms with E-state index in [1.807, 2.05) is 18.2 Å². The summed E-state index contributed by atoms with van der Waals surface area (Å²) in [6.45, 7) is 4.58. The maximum atomic E-state index is 6.29. The van der Waals surface area contributed by atoms with Gasteiger partial charge in [-0.05, 0) is 86.3 Å². The minimum absolute atomic E-state index is 0.0503. The number of hydrogen-bond acceptors (Lipinski definition) is 5. The number of hydrazine groups is 2. The molecule has 5 nitrogen and oxygen atoms in total. The molecule has 0 amide bonds. The predicted octanol–water partition coefficient (Wildman–Crippen LogP) is 4.35. The Kier molecular flexibility index (Phi) is 5.04. The van der Waals surface area contributed by atoms with Gasteiger partial charge in [0.15, 0.2) is 12.2 Å². The molecular formula is C24H35ClN4O+. The molecule has 6 aliphatic rings. The van der Waals surface area contributed by atoms with E-state index >= 15 is 0 Å².